The standard InChI is InChI=1S/C25H24BrFN2O3/c1-25(2)12-18-21(19(30)13-25)20(14-4-6-15(26)7-5-14)22(24(31)32-3)23(28)29(18)17-10-8-16(27)9-11-17/h4-11,20H,12-13,28H2,1-3H3/t20-/m1/s1. The first-order valence-corrected chi connectivity index (χ1v) is 11.1. The van der Waals surface area contributed by atoms with Crippen LogP contribution in [0.2, 0.25) is 0 Å². The van der Waals surface area contributed by atoms with E-state index in [0.717, 1.165) is 15.7 Å². The van der Waals surface area contributed by atoms with Gasteiger partial charge in [0.05, 0.1) is 18.6 Å². The molecule has 1 aliphatic heterocycles. The van der Waals surface area contributed by atoms with Crippen LogP contribution in [0, 0.1) is 11.2 Å². The van der Waals surface area contributed by atoms with Crippen LogP contribution in [0.4, 0.5) is 10.1 Å². The van der Waals surface area contributed by atoms with E-state index in [4.69, 9.17) is 10.5 Å². The summed E-state index contributed by atoms with van der Waals surface area (Å²) in [6.45, 7) is 4.06. The van der Waals surface area contributed by atoms with Crippen LogP contribution in [0.25, 0.3) is 0 Å². The van der Waals surface area contributed by atoms with E-state index < -0.39 is 11.9 Å². The molecule has 2 aromatic carbocycles. The summed E-state index contributed by atoms with van der Waals surface area (Å²) >= 11 is 3.43. The molecule has 1 atom stereocenters. The number of methoxy groups -OCH3 is 1. The third kappa shape index (κ3) is 3.86. The molecule has 7 heteroatoms. The number of carbonyl (C=O) groups excluding carboxylic acids is 2. The van der Waals surface area contributed by atoms with Gasteiger partial charge in [-0.05, 0) is 53.8 Å². The highest BCUT2D eigenvalue weighted by atomic mass is 79.9. The topological polar surface area (TPSA) is 72.6 Å². The number of nitrogens with two attached hydrogens (primary N) is 1. The number of Topliss-reactive ketones (excluding diaryl/α,β-unsaturated/α-hetero) is 1. The van der Waals surface area contributed by atoms with Crippen molar-refractivity contribution in [2.45, 2.75) is 32.6 Å². The monoisotopic (exact) mass is 498 g/mol. The van der Waals surface area contributed by atoms with Gasteiger partial charge in [-0.15, -0.1) is 0 Å². The summed E-state index contributed by atoms with van der Waals surface area (Å²) in [5.74, 6) is -1.49. The van der Waals surface area contributed by atoms with Crippen molar-refractivity contribution in [3.63, 3.8) is 0 Å². The van der Waals surface area contributed by atoms with Crippen LogP contribution < -0.4 is 10.6 Å². The molecule has 2 aliphatic rings. The molecular formula is C25H24BrFN2O3. The average Bonchev–Trinajstić information content (AvgIpc) is 2.73. The lowest BCUT2D eigenvalue weighted by Crippen LogP contribution is -2.43. The molecule has 0 unspecified atom stereocenters. The molecule has 0 bridgehead atoms. The first kappa shape index (κ1) is 22.3. The Kier molecular flexibility index (Phi) is 5.71. The fourth-order valence-electron chi connectivity index (χ4n) is 4.59. The van der Waals surface area contributed by atoms with E-state index in [1.807, 2.05) is 38.1 Å². The summed E-state index contributed by atoms with van der Waals surface area (Å²) in [6, 6.07) is 13.3. The molecule has 0 spiro atoms. The van der Waals surface area contributed by atoms with Gasteiger partial charge in [0.25, 0.3) is 0 Å². The first-order valence-electron chi connectivity index (χ1n) is 10.3. The summed E-state index contributed by atoms with van der Waals surface area (Å²) in [6.07, 6.45) is 0.929. The van der Waals surface area contributed by atoms with Crippen LogP contribution in [0.15, 0.2) is 75.7 Å². The fraction of sp³-hybridized carbons (Fsp3) is 0.280. The summed E-state index contributed by atoms with van der Waals surface area (Å²) in [7, 11) is 1.29. The third-order valence-corrected chi connectivity index (χ3v) is 6.48. The number of nitrogens with zero attached hydrogens (tertiary/aromatic N) is 1. The molecule has 0 saturated carbocycles. The van der Waals surface area contributed by atoms with Gasteiger partial charge in [0.1, 0.15) is 11.6 Å². The molecule has 0 saturated heterocycles. The molecule has 166 valence electrons. The normalized spacial score (nSPS) is 20.3. The van der Waals surface area contributed by atoms with Crippen molar-refractivity contribution < 1.29 is 18.7 Å². The maximum atomic E-state index is 13.6. The van der Waals surface area contributed by atoms with E-state index in [2.05, 4.69) is 15.9 Å². The quantitative estimate of drug-likeness (QED) is 0.590. The van der Waals surface area contributed by atoms with Crippen LogP contribution in [-0.2, 0) is 14.3 Å². The maximum Gasteiger partial charge on any atom is 0.338 e. The number of benzene rings is 2. The Morgan fingerprint density at radius 3 is 2.34 bits per heavy atom. The number of halogens is 2. The summed E-state index contributed by atoms with van der Waals surface area (Å²) in [4.78, 5) is 28.2. The Morgan fingerprint density at radius 1 is 1.12 bits per heavy atom. The SMILES string of the molecule is COC(=O)C1=C(N)N(c2ccc(F)cc2)C2=C(C(=O)CC(C)(C)C2)[C@H]1c1ccc(Br)cc1. The van der Waals surface area contributed by atoms with Crippen molar-refractivity contribution in [2.24, 2.45) is 11.1 Å². The van der Waals surface area contributed by atoms with E-state index in [1.54, 1.807) is 17.0 Å². The van der Waals surface area contributed by atoms with Crippen molar-refractivity contribution >= 4 is 33.4 Å². The van der Waals surface area contributed by atoms with E-state index in [0.29, 0.717) is 24.1 Å². The predicted molar refractivity (Wildman–Crippen MR) is 124 cm³/mol. The van der Waals surface area contributed by atoms with Gasteiger partial charge in [-0.2, -0.15) is 0 Å². The van der Waals surface area contributed by atoms with E-state index >= 15 is 0 Å². The summed E-state index contributed by atoms with van der Waals surface area (Å²) in [5, 5.41) is 0. The summed E-state index contributed by atoms with van der Waals surface area (Å²) in [5.41, 5.74) is 9.15. The Labute approximate surface area is 194 Å². The van der Waals surface area contributed by atoms with Crippen molar-refractivity contribution in [3.05, 3.63) is 87.0 Å². The number of hydrogen-bond acceptors (Lipinski definition) is 5. The minimum absolute atomic E-state index is 0.0369. The Hall–Kier alpha value is -2.93. The lowest BCUT2D eigenvalue weighted by atomic mass is 9.68. The number of ether oxygens (including phenoxy) is 1. The van der Waals surface area contributed by atoms with Crippen molar-refractivity contribution in [2.75, 3.05) is 12.0 Å². The Balaban J connectivity index is 2.02. The highest BCUT2D eigenvalue weighted by molar-refractivity contribution is 9.10. The first-order chi connectivity index (χ1) is 15.1. The molecular weight excluding hydrogens is 475 g/mol. The van der Waals surface area contributed by atoms with Gasteiger partial charge < -0.3 is 10.5 Å². The van der Waals surface area contributed by atoms with E-state index in [9.17, 15) is 14.0 Å². The van der Waals surface area contributed by atoms with Crippen LogP contribution in [0.5, 0.6) is 0 Å². The third-order valence-electron chi connectivity index (χ3n) is 5.95. The molecule has 0 amide bonds. The molecule has 4 rings (SSSR count). The fourth-order valence-corrected chi connectivity index (χ4v) is 4.86. The lowest BCUT2D eigenvalue weighted by molar-refractivity contribution is -0.136. The van der Waals surface area contributed by atoms with Gasteiger partial charge in [0, 0.05) is 27.9 Å². The number of esters is 1. The largest absolute Gasteiger partial charge is 0.466 e. The number of rotatable bonds is 3. The molecule has 0 fully saturated rings. The number of hydrogen-bond donors (Lipinski definition) is 1. The van der Waals surface area contributed by atoms with Gasteiger partial charge in [-0.1, -0.05) is 41.9 Å². The Morgan fingerprint density at radius 2 is 1.75 bits per heavy atom. The van der Waals surface area contributed by atoms with Crippen LogP contribution in [0.3, 0.4) is 0 Å². The van der Waals surface area contributed by atoms with Gasteiger partial charge >= 0.3 is 5.97 Å². The van der Waals surface area contributed by atoms with Crippen LogP contribution in [-0.4, -0.2) is 18.9 Å². The minimum atomic E-state index is -0.647. The second kappa shape index (κ2) is 8.20. The van der Waals surface area contributed by atoms with Gasteiger partial charge in [-0.3, -0.25) is 9.69 Å². The lowest BCUT2D eigenvalue weighted by Gasteiger charge is -2.44. The summed E-state index contributed by atoms with van der Waals surface area (Å²) < 4.78 is 19.6. The molecule has 2 aromatic rings. The molecule has 0 aromatic heterocycles. The second-order valence-corrected chi connectivity index (χ2v) is 9.80. The molecule has 0 radical (unpaired) electrons. The maximum absolute atomic E-state index is 13.6. The van der Waals surface area contributed by atoms with E-state index in [1.165, 1.54) is 19.2 Å². The van der Waals surface area contributed by atoms with Crippen molar-refractivity contribution in [1.82, 2.24) is 0 Å². The second-order valence-electron chi connectivity index (χ2n) is 8.89. The van der Waals surface area contributed by atoms with Gasteiger partial charge in [-0.25, -0.2) is 9.18 Å². The highest BCUT2D eigenvalue weighted by Crippen LogP contribution is 2.50. The number of carbonyl (C=O) groups is 2. The van der Waals surface area contributed by atoms with E-state index in [-0.39, 0.29) is 28.4 Å². The molecule has 1 aliphatic carbocycles. The molecule has 2 N–H and O–H groups in total. The zero-order valence-corrected chi connectivity index (χ0v) is 19.7. The zero-order valence-electron chi connectivity index (χ0n) is 18.1. The number of anilines is 1. The number of ketones is 1. The molecule has 5 nitrogen and oxygen atoms in total. The van der Waals surface area contributed by atoms with Crippen LogP contribution >= 0.6 is 15.9 Å². The minimum Gasteiger partial charge on any atom is -0.466 e. The van der Waals surface area contributed by atoms with Gasteiger partial charge in [0.15, 0.2) is 5.78 Å². The van der Waals surface area contributed by atoms with Crippen LogP contribution in [0.1, 0.15) is 38.2 Å². The van der Waals surface area contributed by atoms with Crippen molar-refractivity contribution in [1.29, 1.82) is 0 Å². The predicted octanol–water partition coefficient (Wildman–Crippen LogP) is 5.18. The smallest absolute Gasteiger partial charge is 0.338 e. The average molecular weight is 499 g/mol. The Bertz CT molecular complexity index is 1150. The highest BCUT2D eigenvalue weighted by Gasteiger charge is 2.46. The zero-order chi connectivity index (χ0) is 23.2. The number of allylic oxidation sites excluding steroid dienone is 2. The van der Waals surface area contributed by atoms with Gasteiger partial charge in [0.2, 0.25) is 0 Å². The van der Waals surface area contributed by atoms with Crippen molar-refractivity contribution in [3.8, 4) is 0 Å². The molecule has 32 heavy (non-hydrogen) atoms. The molecule has 1 heterocycles.